The van der Waals surface area contributed by atoms with Crippen molar-refractivity contribution < 1.29 is 33.5 Å². The van der Waals surface area contributed by atoms with Crippen molar-refractivity contribution in [1.82, 2.24) is 9.88 Å². The number of nitrogens with zero attached hydrogens (tertiary/aromatic N) is 2. The van der Waals surface area contributed by atoms with Crippen LogP contribution in [0.15, 0.2) is 66.8 Å². The number of aromatic amines is 1. The van der Waals surface area contributed by atoms with Crippen LogP contribution in [-0.2, 0) is 16.1 Å². The molecular weight excluding hydrogens is 450 g/mol. The molecule has 1 atom stereocenters. The number of carbonyl (C=O) groups is 2. The molecule has 2 aromatic carbocycles. The Bertz CT molecular complexity index is 1250. The second kappa shape index (κ2) is 10.3. The Morgan fingerprint density at radius 3 is 2.51 bits per heavy atom. The van der Waals surface area contributed by atoms with Crippen molar-refractivity contribution in [2.75, 3.05) is 27.9 Å². The average molecular weight is 478 g/mol. The third-order valence-electron chi connectivity index (χ3n) is 6.01. The predicted molar refractivity (Wildman–Crippen MR) is 125 cm³/mol. The SMILES string of the molecule is COc1cccc(C([O-])=C2C(=O)C(=O)N(CCC[n+]3cc[nH]c3)C2c2cc(OC)ccc2OC)c1. The van der Waals surface area contributed by atoms with E-state index in [4.69, 9.17) is 14.2 Å². The Hall–Kier alpha value is -4.27. The fourth-order valence-electron chi connectivity index (χ4n) is 4.28. The number of carbonyl (C=O) groups excluding carboxylic acids is 2. The van der Waals surface area contributed by atoms with Gasteiger partial charge in [-0.3, -0.25) is 14.6 Å². The first-order chi connectivity index (χ1) is 17.0. The lowest BCUT2D eigenvalue weighted by molar-refractivity contribution is -0.695. The average Bonchev–Trinajstić information content (AvgIpc) is 3.50. The van der Waals surface area contributed by atoms with Crippen LogP contribution < -0.4 is 23.9 Å². The molecule has 1 N–H and O–H groups in total. The van der Waals surface area contributed by atoms with Crippen LogP contribution in [0.5, 0.6) is 17.2 Å². The summed E-state index contributed by atoms with van der Waals surface area (Å²) in [5.74, 6) is -0.626. The van der Waals surface area contributed by atoms with Gasteiger partial charge in [-0.2, -0.15) is 0 Å². The Labute approximate surface area is 203 Å². The first-order valence-electron chi connectivity index (χ1n) is 11.1. The van der Waals surface area contributed by atoms with Crippen LogP contribution >= 0.6 is 0 Å². The van der Waals surface area contributed by atoms with Crippen LogP contribution in [0.25, 0.3) is 5.76 Å². The standard InChI is InChI=1S/C26H27N3O6/c1-33-18-7-4-6-17(14-18)24(30)22-23(20-15-19(34-2)8-9-21(20)35-3)29(26(32)25(22)31)12-5-11-28-13-10-27-16-28/h4,6-10,13-16,23H,5,11-12H2,1-3H3,(H,30,31). The fourth-order valence-corrected chi connectivity index (χ4v) is 4.28. The van der Waals surface area contributed by atoms with Gasteiger partial charge in [-0.1, -0.05) is 17.9 Å². The minimum atomic E-state index is -0.921. The molecule has 1 aliphatic rings. The first-order valence-corrected chi connectivity index (χ1v) is 11.1. The third kappa shape index (κ3) is 4.70. The number of rotatable bonds is 9. The Morgan fingerprint density at radius 1 is 1.06 bits per heavy atom. The van der Waals surface area contributed by atoms with Gasteiger partial charge in [0, 0.05) is 24.1 Å². The lowest BCUT2D eigenvalue weighted by Gasteiger charge is -2.28. The number of likely N-dealkylation sites (tertiary alicyclic amines) is 1. The molecule has 2 heterocycles. The largest absolute Gasteiger partial charge is 0.872 e. The Morgan fingerprint density at radius 2 is 1.83 bits per heavy atom. The van der Waals surface area contributed by atoms with Crippen molar-refractivity contribution in [3.63, 3.8) is 0 Å². The normalized spacial score (nSPS) is 17.0. The lowest BCUT2D eigenvalue weighted by Crippen LogP contribution is -2.36. The predicted octanol–water partition coefficient (Wildman–Crippen LogP) is 1.64. The van der Waals surface area contributed by atoms with E-state index in [9.17, 15) is 14.7 Å². The number of nitrogens with one attached hydrogen (secondary N) is 1. The van der Waals surface area contributed by atoms with Crippen LogP contribution in [0.2, 0.25) is 0 Å². The number of Topliss-reactive ketones (excluding diaryl/α,β-unsaturated/α-hetero) is 1. The van der Waals surface area contributed by atoms with Gasteiger partial charge in [0.15, 0.2) is 0 Å². The molecule has 4 rings (SSSR count). The van der Waals surface area contributed by atoms with Gasteiger partial charge in [-0.05, 0) is 35.9 Å². The molecule has 1 saturated heterocycles. The van der Waals surface area contributed by atoms with Gasteiger partial charge < -0.3 is 24.2 Å². The highest BCUT2D eigenvalue weighted by molar-refractivity contribution is 6.46. The van der Waals surface area contributed by atoms with E-state index in [1.165, 1.54) is 26.2 Å². The van der Waals surface area contributed by atoms with Crippen LogP contribution in [0.3, 0.4) is 0 Å². The number of benzene rings is 2. The molecule has 1 amide bonds. The number of aromatic nitrogens is 2. The second-order valence-corrected chi connectivity index (χ2v) is 8.02. The van der Waals surface area contributed by atoms with Crippen molar-refractivity contribution in [1.29, 1.82) is 0 Å². The van der Waals surface area contributed by atoms with Crippen LogP contribution in [0.1, 0.15) is 23.6 Å². The van der Waals surface area contributed by atoms with E-state index in [0.717, 1.165) is 0 Å². The summed E-state index contributed by atoms with van der Waals surface area (Å²) in [6.07, 6.45) is 6.06. The summed E-state index contributed by atoms with van der Waals surface area (Å²) < 4.78 is 18.1. The molecule has 182 valence electrons. The fraction of sp³-hybridized carbons (Fsp3) is 0.269. The molecule has 1 fully saturated rings. The van der Waals surface area contributed by atoms with Gasteiger partial charge in [0.2, 0.25) is 12.1 Å². The topological polar surface area (TPSA) is 108 Å². The van der Waals surface area contributed by atoms with Crippen molar-refractivity contribution in [3.8, 4) is 17.2 Å². The van der Waals surface area contributed by atoms with Crippen molar-refractivity contribution in [2.24, 2.45) is 0 Å². The number of ketones is 1. The number of aryl methyl sites for hydroxylation is 1. The summed E-state index contributed by atoms with van der Waals surface area (Å²) in [6, 6.07) is 10.7. The summed E-state index contributed by atoms with van der Waals surface area (Å²) in [5.41, 5.74) is 0.646. The van der Waals surface area contributed by atoms with Gasteiger partial charge in [-0.15, -0.1) is 0 Å². The van der Waals surface area contributed by atoms with Crippen molar-refractivity contribution in [3.05, 3.63) is 77.9 Å². The maximum atomic E-state index is 13.6. The number of methoxy groups -OCH3 is 3. The zero-order chi connectivity index (χ0) is 24.9. The lowest BCUT2D eigenvalue weighted by atomic mass is 9.94. The highest BCUT2D eigenvalue weighted by atomic mass is 16.5. The number of hydrogen-bond donors (Lipinski definition) is 1. The summed E-state index contributed by atoms with van der Waals surface area (Å²) in [4.78, 5) is 30.9. The van der Waals surface area contributed by atoms with E-state index in [1.54, 1.807) is 48.7 Å². The quantitative estimate of drug-likeness (QED) is 0.217. The number of H-pyrrole nitrogens is 1. The Balaban J connectivity index is 1.82. The van der Waals surface area contributed by atoms with E-state index in [2.05, 4.69) is 4.98 Å². The molecule has 9 heteroatoms. The van der Waals surface area contributed by atoms with E-state index in [-0.39, 0.29) is 17.7 Å². The summed E-state index contributed by atoms with van der Waals surface area (Å²) in [5, 5.41) is 13.6. The summed E-state index contributed by atoms with van der Waals surface area (Å²) in [7, 11) is 4.52. The summed E-state index contributed by atoms with van der Waals surface area (Å²) >= 11 is 0. The molecule has 35 heavy (non-hydrogen) atoms. The molecule has 1 aromatic heterocycles. The van der Waals surface area contributed by atoms with Crippen molar-refractivity contribution >= 4 is 17.4 Å². The molecular formula is C26H27N3O6. The molecule has 0 radical (unpaired) electrons. The van der Waals surface area contributed by atoms with Crippen molar-refractivity contribution in [2.45, 2.75) is 19.0 Å². The van der Waals surface area contributed by atoms with Gasteiger partial charge in [0.05, 0.1) is 33.9 Å². The molecule has 3 aromatic rings. The zero-order valence-electron chi connectivity index (χ0n) is 19.8. The van der Waals surface area contributed by atoms with E-state index < -0.39 is 23.5 Å². The van der Waals surface area contributed by atoms with Gasteiger partial charge >= 0.3 is 0 Å². The minimum absolute atomic E-state index is 0.121. The smallest absolute Gasteiger partial charge is 0.295 e. The maximum Gasteiger partial charge on any atom is 0.295 e. The monoisotopic (exact) mass is 477 g/mol. The van der Waals surface area contributed by atoms with Gasteiger partial charge in [0.1, 0.15) is 29.6 Å². The van der Waals surface area contributed by atoms with Gasteiger partial charge in [0.25, 0.3) is 5.91 Å². The number of imidazole rings is 1. The molecule has 0 spiro atoms. The maximum absolute atomic E-state index is 13.6. The minimum Gasteiger partial charge on any atom is -0.872 e. The third-order valence-corrected chi connectivity index (χ3v) is 6.01. The van der Waals surface area contributed by atoms with Gasteiger partial charge in [-0.25, -0.2) is 4.57 Å². The first kappa shape index (κ1) is 23.9. The highest BCUT2D eigenvalue weighted by Gasteiger charge is 2.45. The van der Waals surface area contributed by atoms with Crippen LogP contribution in [0.4, 0.5) is 0 Å². The van der Waals surface area contributed by atoms with E-state index >= 15 is 0 Å². The second-order valence-electron chi connectivity index (χ2n) is 8.02. The van der Waals surface area contributed by atoms with Crippen LogP contribution in [0, 0.1) is 0 Å². The molecule has 9 nitrogen and oxygen atoms in total. The van der Waals surface area contributed by atoms with E-state index in [0.29, 0.717) is 35.8 Å². The molecule has 0 saturated carbocycles. The number of amides is 1. The molecule has 0 aliphatic carbocycles. The Kier molecular flexibility index (Phi) is 7.05. The molecule has 1 unspecified atom stereocenters. The molecule has 1 aliphatic heterocycles. The number of hydrogen-bond acceptors (Lipinski definition) is 6. The highest BCUT2D eigenvalue weighted by Crippen LogP contribution is 2.43. The summed E-state index contributed by atoms with van der Waals surface area (Å²) in [6.45, 7) is 0.894. The zero-order valence-corrected chi connectivity index (χ0v) is 19.8. The molecule has 0 bridgehead atoms. The van der Waals surface area contributed by atoms with E-state index in [1.807, 2.05) is 17.1 Å². The van der Waals surface area contributed by atoms with Crippen LogP contribution in [-0.4, -0.2) is 49.4 Å². The number of ether oxygens (including phenoxy) is 3.